The number of nitrogens with zero attached hydrogens (tertiary/aromatic N) is 1. The molecule has 2 rings (SSSR count). The Morgan fingerprint density at radius 2 is 2.22 bits per heavy atom. The van der Waals surface area contributed by atoms with E-state index in [0.717, 1.165) is 32.5 Å². The van der Waals surface area contributed by atoms with Crippen LogP contribution in [0.25, 0.3) is 0 Å². The molecular formula is C13H25IN2O2. The average Bonchev–Trinajstić information content (AvgIpc) is 2.29. The highest BCUT2D eigenvalue weighted by Gasteiger charge is 2.41. The zero-order valence-electron chi connectivity index (χ0n) is 11.6. The van der Waals surface area contributed by atoms with Crippen LogP contribution < -0.4 is 5.32 Å². The van der Waals surface area contributed by atoms with Crippen LogP contribution in [0.3, 0.4) is 0 Å². The van der Waals surface area contributed by atoms with Crippen LogP contribution in [0.15, 0.2) is 0 Å². The lowest BCUT2D eigenvalue weighted by atomic mass is 9.78. The zero-order chi connectivity index (χ0) is 12.5. The van der Waals surface area contributed by atoms with Crippen molar-refractivity contribution >= 4 is 29.9 Å². The van der Waals surface area contributed by atoms with E-state index in [-0.39, 0.29) is 47.4 Å². The van der Waals surface area contributed by atoms with E-state index in [9.17, 15) is 4.79 Å². The first-order valence-electron chi connectivity index (χ1n) is 6.67. The molecule has 4 nitrogen and oxygen atoms in total. The Morgan fingerprint density at radius 3 is 2.89 bits per heavy atom. The average molecular weight is 368 g/mol. The predicted octanol–water partition coefficient (Wildman–Crippen LogP) is 1.63. The number of ether oxygens (including phenoxy) is 1. The number of rotatable bonds is 3. The Kier molecular flexibility index (Phi) is 5.86. The minimum Gasteiger partial charge on any atom is -0.378 e. The van der Waals surface area contributed by atoms with Crippen LogP contribution in [0, 0.1) is 5.41 Å². The second-order valence-electron chi connectivity index (χ2n) is 5.89. The van der Waals surface area contributed by atoms with Gasteiger partial charge < -0.3 is 10.1 Å². The van der Waals surface area contributed by atoms with Crippen molar-refractivity contribution in [1.82, 2.24) is 10.2 Å². The van der Waals surface area contributed by atoms with E-state index >= 15 is 0 Å². The van der Waals surface area contributed by atoms with Gasteiger partial charge in [-0.15, -0.1) is 24.0 Å². The van der Waals surface area contributed by atoms with Gasteiger partial charge in [-0.1, -0.05) is 27.2 Å². The van der Waals surface area contributed by atoms with Crippen LogP contribution in [0.4, 0.5) is 0 Å². The third-order valence-corrected chi connectivity index (χ3v) is 4.11. The number of morpholine rings is 1. The number of nitrogens with one attached hydrogen (secondary N) is 1. The molecule has 2 atom stereocenters. The lowest BCUT2D eigenvalue weighted by molar-refractivity contribution is -0.140. The summed E-state index contributed by atoms with van der Waals surface area (Å²) in [6, 6.07) is 0.210. The first-order valence-corrected chi connectivity index (χ1v) is 6.67. The molecule has 0 aromatic carbocycles. The number of halogens is 1. The summed E-state index contributed by atoms with van der Waals surface area (Å²) in [7, 11) is 0. The molecule has 2 aliphatic heterocycles. The quantitative estimate of drug-likeness (QED) is 0.770. The summed E-state index contributed by atoms with van der Waals surface area (Å²) in [5.74, 6) is 0.144. The third kappa shape index (κ3) is 3.36. The Balaban J connectivity index is 0.00000162. The second kappa shape index (κ2) is 6.52. The molecule has 106 valence electrons. The highest BCUT2D eigenvalue weighted by molar-refractivity contribution is 14.0. The number of hydrogen-bond acceptors (Lipinski definition) is 3. The zero-order valence-corrected chi connectivity index (χ0v) is 13.9. The van der Waals surface area contributed by atoms with Gasteiger partial charge in [0.2, 0.25) is 5.91 Å². The highest BCUT2D eigenvalue weighted by atomic mass is 127. The van der Waals surface area contributed by atoms with Crippen molar-refractivity contribution in [3.05, 3.63) is 0 Å². The molecule has 5 heteroatoms. The van der Waals surface area contributed by atoms with Crippen molar-refractivity contribution in [2.75, 3.05) is 26.3 Å². The van der Waals surface area contributed by atoms with Crippen molar-refractivity contribution in [3.8, 4) is 0 Å². The Morgan fingerprint density at radius 1 is 1.50 bits per heavy atom. The lowest BCUT2D eigenvalue weighted by Crippen LogP contribution is -2.66. The van der Waals surface area contributed by atoms with E-state index in [4.69, 9.17) is 4.74 Å². The van der Waals surface area contributed by atoms with Crippen molar-refractivity contribution in [2.24, 2.45) is 5.41 Å². The fourth-order valence-electron chi connectivity index (χ4n) is 2.91. The normalized spacial score (nSPS) is 29.2. The minimum atomic E-state index is -0.0579. The Labute approximate surface area is 127 Å². The first kappa shape index (κ1) is 16.2. The van der Waals surface area contributed by atoms with Gasteiger partial charge in [0, 0.05) is 19.1 Å². The molecule has 2 aliphatic rings. The summed E-state index contributed by atoms with van der Waals surface area (Å²) >= 11 is 0. The minimum absolute atomic E-state index is 0. The van der Waals surface area contributed by atoms with Crippen LogP contribution in [-0.2, 0) is 9.53 Å². The molecule has 0 radical (unpaired) electrons. The van der Waals surface area contributed by atoms with Gasteiger partial charge in [0.25, 0.3) is 0 Å². The van der Waals surface area contributed by atoms with Crippen LogP contribution >= 0.6 is 24.0 Å². The summed E-state index contributed by atoms with van der Waals surface area (Å²) in [5, 5.41) is 3.18. The number of amides is 1. The summed E-state index contributed by atoms with van der Waals surface area (Å²) < 4.78 is 5.38. The maximum Gasteiger partial charge on any atom is 0.240 e. The maximum absolute atomic E-state index is 12.1. The first-order chi connectivity index (χ1) is 8.04. The van der Waals surface area contributed by atoms with Crippen LogP contribution in [-0.4, -0.2) is 49.2 Å². The van der Waals surface area contributed by atoms with E-state index < -0.39 is 0 Å². The molecule has 0 aliphatic carbocycles. The molecule has 2 heterocycles. The second-order valence-corrected chi connectivity index (χ2v) is 5.89. The van der Waals surface area contributed by atoms with Crippen LogP contribution in [0.1, 0.15) is 33.6 Å². The van der Waals surface area contributed by atoms with Gasteiger partial charge in [-0.25, -0.2) is 0 Å². The Bertz CT molecular complexity index is 297. The standard InChI is InChI=1S/C13H24N2O2.HI/c1-4-5-13(2,3)11-8-15-6-7-17-9-10(15)12(16)14-11;/h10-11H,4-9H2,1-3H3,(H,14,16);1H. The maximum atomic E-state index is 12.1. The molecule has 0 spiro atoms. The molecule has 1 N–H and O–H groups in total. The smallest absolute Gasteiger partial charge is 0.240 e. The van der Waals surface area contributed by atoms with Crippen LogP contribution in [0.5, 0.6) is 0 Å². The summed E-state index contributed by atoms with van der Waals surface area (Å²) in [4.78, 5) is 14.3. The number of carbonyl (C=O) groups is 1. The van der Waals surface area contributed by atoms with Crippen molar-refractivity contribution in [1.29, 1.82) is 0 Å². The van der Waals surface area contributed by atoms with Crippen LogP contribution in [0.2, 0.25) is 0 Å². The number of fused-ring (bicyclic) bond motifs is 1. The van der Waals surface area contributed by atoms with E-state index in [1.165, 1.54) is 0 Å². The fourth-order valence-corrected chi connectivity index (χ4v) is 2.91. The molecule has 18 heavy (non-hydrogen) atoms. The van der Waals surface area contributed by atoms with Crippen molar-refractivity contribution < 1.29 is 9.53 Å². The lowest BCUT2D eigenvalue weighted by Gasteiger charge is -2.46. The molecule has 2 unspecified atom stereocenters. The van der Waals surface area contributed by atoms with Gasteiger partial charge >= 0.3 is 0 Å². The topological polar surface area (TPSA) is 41.6 Å². The highest BCUT2D eigenvalue weighted by Crippen LogP contribution is 2.30. The largest absolute Gasteiger partial charge is 0.378 e. The predicted molar refractivity (Wildman–Crippen MR) is 82.2 cm³/mol. The van der Waals surface area contributed by atoms with Gasteiger partial charge in [-0.05, 0) is 11.8 Å². The molecule has 0 aromatic rings. The molecule has 1 amide bonds. The Hall–Kier alpha value is 0.120. The molecule has 2 saturated heterocycles. The number of hydrogen-bond donors (Lipinski definition) is 1. The molecular weight excluding hydrogens is 343 g/mol. The number of carbonyl (C=O) groups excluding carboxylic acids is 1. The summed E-state index contributed by atoms with van der Waals surface area (Å²) in [6.45, 7) is 9.86. The van der Waals surface area contributed by atoms with E-state index in [1.807, 2.05) is 0 Å². The SMILES string of the molecule is CCCC(C)(C)C1CN2CCOCC2C(=O)N1.I. The van der Waals surface area contributed by atoms with Gasteiger partial charge in [0.15, 0.2) is 0 Å². The van der Waals surface area contributed by atoms with Gasteiger partial charge in [-0.2, -0.15) is 0 Å². The van der Waals surface area contributed by atoms with Crippen molar-refractivity contribution in [3.63, 3.8) is 0 Å². The van der Waals surface area contributed by atoms with E-state index in [0.29, 0.717) is 6.61 Å². The molecule has 2 fully saturated rings. The van der Waals surface area contributed by atoms with E-state index in [2.05, 4.69) is 31.0 Å². The van der Waals surface area contributed by atoms with Gasteiger partial charge in [0.05, 0.1) is 13.2 Å². The number of piperazine rings is 1. The van der Waals surface area contributed by atoms with Crippen molar-refractivity contribution in [2.45, 2.75) is 45.7 Å². The summed E-state index contributed by atoms with van der Waals surface area (Å²) in [6.07, 6.45) is 2.30. The third-order valence-electron chi connectivity index (χ3n) is 4.11. The molecule has 0 saturated carbocycles. The van der Waals surface area contributed by atoms with E-state index in [1.54, 1.807) is 0 Å². The van der Waals surface area contributed by atoms with Gasteiger partial charge in [0.1, 0.15) is 6.04 Å². The fraction of sp³-hybridized carbons (Fsp3) is 0.923. The molecule has 0 aromatic heterocycles. The van der Waals surface area contributed by atoms with Gasteiger partial charge in [-0.3, -0.25) is 9.69 Å². The summed E-state index contributed by atoms with van der Waals surface area (Å²) in [5.41, 5.74) is 0.174. The monoisotopic (exact) mass is 368 g/mol. The molecule has 0 bridgehead atoms.